The molecule has 4 nitrogen and oxygen atoms in total. The van der Waals surface area contributed by atoms with E-state index in [0.717, 1.165) is 23.2 Å². The molecule has 0 spiro atoms. The molecule has 0 unspecified atom stereocenters. The first-order valence-corrected chi connectivity index (χ1v) is 8.26. The highest BCUT2D eigenvalue weighted by atomic mass is 35.5. The van der Waals surface area contributed by atoms with Crippen LogP contribution in [0.3, 0.4) is 0 Å². The molecule has 2 N–H and O–H groups in total. The zero-order valence-electron chi connectivity index (χ0n) is 13.6. The third-order valence-electron chi connectivity index (χ3n) is 4.40. The van der Waals surface area contributed by atoms with Gasteiger partial charge < -0.3 is 10.6 Å². The van der Waals surface area contributed by atoms with Crippen molar-refractivity contribution in [3.63, 3.8) is 0 Å². The van der Waals surface area contributed by atoms with Crippen molar-refractivity contribution in [2.75, 3.05) is 12.4 Å². The van der Waals surface area contributed by atoms with Crippen molar-refractivity contribution in [2.45, 2.75) is 19.3 Å². The van der Waals surface area contributed by atoms with E-state index in [0.29, 0.717) is 10.6 Å². The molecule has 0 heterocycles. The number of anilines is 1. The van der Waals surface area contributed by atoms with E-state index in [-0.39, 0.29) is 23.7 Å². The highest BCUT2D eigenvalue weighted by Crippen LogP contribution is 2.48. The van der Waals surface area contributed by atoms with Crippen LogP contribution in [-0.2, 0) is 4.79 Å². The van der Waals surface area contributed by atoms with E-state index in [2.05, 4.69) is 10.6 Å². The molecule has 5 heteroatoms. The fraction of sp³-hybridized carbons (Fsp3) is 0.263. The van der Waals surface area contributed by atoms with E-state index in [4.69, 9.17) is 11.6 Å². The molecule has 124 valence electrons. The van der Waals surface area contributed by atoms with Gasteiger partial charge in [-0.15, -0.1) is 0 Å². The summed E-state index contributed by atoms with van der Waals surface area (Å²) in [6.07, 6.45) is 0.850. The van der Waals surface area contributed by atoms with Gasteiger partial charge in [-0.25, -0.2) is 0 Å². The van der Waals surface area contributed by atoms with E-state index in [1.54, 1.807) is 25.2 Å². The quantitative estimate of drug-likeness (QED) is 0.889. The van der Waals surface area contributed by atoms with E-state index in [9.17, 15) is 9.59 Å². The van der Waals surface area contributed by atoms with E-state index in [1.165, 1.54) is 0 Å². The SMILES string of the molecule is CNC(=O)c1ccc(NC(=O)[C@H]2C[C@@H]2c2ccc(Cl)cc2)c(C)c1. The standard InChI is InChI=1S/C19H19ClN2O2/c1-11-9-13(18(23)21-2)5-8-17(11)22-19(24)16-10-15(16)12-3-6-14(20)7-4-12/h3-9,15-16H,10H2,1-2H3,(H,21,23)(H,22,24)/t15-,16+/m1/s1. The summed E-state index contributed by atoms with van der Waals surface area (Å²) in [6.45, 7) is 1.88. The van der Waals surface area contributed by atoms with Crippen molar-refractivity contribution >= 4 is 29.1 Å². The molecule has 1 aliphatic carbocycles. The predicted molar refractivity (Wildman–Crippen MR) is 95.5 cm³/mol. The Morgan fingerprint density at radius 3 is 2.46 bits per heavy atom. The second-order valence-electron chi connectivity index (χ2n) is 6.10. The Morgan fingerprint density at radius 2 is 1.83 bits per heavy atom. The van der Waals surface area contributed by atoms with Crippen molar-refractivity contribution in [1.29, 1.82) is 0 Å². The number of halogens is 1. The first kappa shape index (κ1) is 16.5. The number of amides is 2. The molecule has 24 heavy (non-hydrogen) atoms. The van der Waals surface area contributed by atoms with Crippen LogP contribution >= 0.6 is 11.6 Å². The molecule has 1 fully saturated rings. The number of carbonyl (C=O) groups is 2. The maximum Gasteiger partial charge on any atom is 0.251 e. The Kier molecular flexibility index (Phi) is 4.58. The number of nitrogens with one attached hydrogen (secondary N) is 2. The van der Waals surface area contributed by atoms with Gasteiger partial charge in [0.2, 0.25) is 5.91 Å². The van der Waals surface area contributed by atoms with Crippen LogP contribution in [0.5, 0.6) is 0 Å². The van der Waals surface area contributed by atoms with Crippen molar-refractivity contribution < 1.29 is 9.59 Å². The van der Waals surface area contributed by atoms with Gasteiger partial charge in [0.1, 0.15) is 0 Å². The zero-order valence-corrected chi connectivity index (χ0v) is 14.4. The first-order chi connectivity index (χ1) is 11.5. The molecule has 0 aromatic heterocycles. The monoisotopic (exact) mass is 342 g/mol. The zero-order chi connectivity index (χ0) is 17.3. The van der Waals surface area contributed by atoms with Crippen molar-refractivity contribution in [2.24, 2.45) is 5.92 Å². The lowest BCUT2D eigenvalue weighted by Gasteiger charge is -2.10. The molecule has 2 aromatic rings. The minimum absolute atomic E-state index is 0.0100. The maximum atomic E-state index is 12.4. The molecule has 0 saturated heterocycles. The summed E-state index contributed by atoms with van der Waals surface area (Å²) in [4.78, 5) is 24.1. The van der Waals surface area contributed by atoms with Crippen LogP contribution in [0.4, 0.5) is 5.69 Å². The predicted octanol–water partition coefficient (Wildman–Crippen LogP) is 3.75. The molecule has 1 saturated carbocycles. The Morgan fingerprint density at radius 1 is 1.12 bits per heavy atom. The summed E-state index contributed by atoms with van der Waals surface area (Å²) in [7, 11) is 1.59. The molecular weight excluding hydrogens is 324 g/mol. The summed E-state index contributed by atoms with van der Waals surface area (Å²) in [5.74, 6) is 0.128. The minimum atomic E-state index is -0.138. The second-order valence-corrected chi connectivity index (χ2v) is 6.53. The average Bonchev–Trinajstić information content (AvgIpc) is 3.37. The van der Waals surface area contributed by atoms with Crippen LogP contribution in [-0.4, -0.2) is 18.9 Å². The summed E-state index contributed by atoms with van der Waals surface area (Å²) in [6, 6.07) is 12.9. The fourth-order valence-corrected chi connectivity index (χ4v) is 3.00. The van der Waals surface area contributed by atoms with Crippen LogP contribution in [0.25, 0.3) is 0 Å². The first-order valence-electron chi connectivity index (χ1n) is 7.88. The van der Waals surface area contributed by atoms with Crippen molar-refractivity contribution in [3.05, 3.63) is 64.2 Å². The summed E-state index contributed by atoms with van der Waals surface area (Å²) >= 11 is 5.90. The summed E-state index contributed by atoms with van der Waals surface area (Å²) in [5, 5.41) is 6.26. The highest BCUT2D eigenvalue weighted by molar-refractivity contribution is 6.30. The molecule has 3 rings (SSSR count). The van der Waals surface area contributed by atoms with E-state index < -0.39 is 0 Å². The van der Waals surface area contributed by atoms with Gasteiger partial charge in [-0.3, -0.25) is 9.59 Å². The number of carbonyl (C=O) groups excluding carboxylic acids is 2. The van der Waals surface area contributed by atoms with Gasteiger partial charge in [-0.05, 0) is 60.7 Å². The van der Waals surface area contributed by atoms with Gasteiger partial charge in [0.05, 0.1) is 0 Å². The van der Waals surface area contributed by atoms with Gasteiger partial charge in [-0.1, -0.05) is 23.7 Å². The third kappa shape index (κ3) is 3.44. The lowest BCUT2D eigenvalue weighted by atomic mass is 10.1. The van der Waals surface area contributed by atoms with Gasteiger partial charge in [-0.2, -0.15) is 0 Å². The van der Waals surface area contributed by atoms with Crippen molar-refractivity contribution in [3.8, 4) is 0 Å². The molecule has 2 atom stereocenters. The average molecular weight is 343 g/mol. The molecule has 0 aliphatic heterocycles. The van der Waals surface area contributed by atoms with Crippen LogP contribution in [0.1, 0.15) is 33.8 Å². The van der Waals surface area contributed by atoms with Gasteiger partial charge >= 0.3 is 0 Å². The van der Waals surface area contributed by atoms with Crippen LogP contribution in [0, 0.1) is 12.8 Å². The lowest BCUT2D eigenvalue weighted by molar-refractivity contribution is -0.117. The topological polar surface area (TPSA) is 58.2 Å². The smallest absolute Gasteiger partial charge is 0.251 e. The number of benzene rings is 2. The molecular formula is C19H19ClN2O2. The highest BCUT2D eigenvalue weighted by Gasteiger charge is 2.43. The normalized spacial score (nSPS) is 18.8. The Bertz CT molecular complexity index is 786. The molecule has 2 amide bonds. The summed E-state index contributed by atoms with van der Waals surface area (Å²) in [5.41, 5.74) is 3.34. The Balaban J connectivity index is 1.66. The lowest BCUT2D eigenvalue weighted by Crippen LogP contribution is -2.19. The van der Waals surface area contributed by atoms with E-state index in [1.807, 2.05) is 31.2 Å². The maximum absolute atomic E-state index is 12.4. The van der Waals surface area contributed by atoms with Gasteiger partial charge in [0.25, 0.3) is 5.91 Å². The largest absolute Gasteiger partial charge is 0.355 e. The van der Waals surface area contributed by atoms with Crippen molar-refractivity contribution in [1.82, 2.24) is 5.32 Å². The fourth-order valence-electron chi connectivity index (χ4n) is 2.88. The number of hydrogen-bond donors (Lipinski definition) is 2. The van der Waals surface area contributed by atoms with Crippen LogP contribution < -0.4 is 10.6 Å². The van der Waals surface area contributed by atoms with Crippen LogP contribution in [0.15, 0.2) is 42.5 Å². The third-order valence-corrected chi connectivity index (χ3v) is 4.65. The summed E-state index contributed by atoms with van der Waals surface area (Å²) < 4.78 is 0. The minimum Gasteiger partial charge on any atom is -0.355 e. The van der Waals surface area contributed by atoms with Crippen LogP contribution in [0.2, 0.25) is 5.02 Å². The Hall–Kier alpha value is -2.33. The molecule has 0 radical (unpaired) electrons. The number of rotatable bonds is 4. The van der Waals surface area contributed by atoms with E-state index >= 15 is 0 Å². The molecule has 2 aromatic carbocycles. The molecule has 0 bridgehead atoms. The van der Waals surface area contributed by atoms with Gasteiger partial charge in [0.15, 0.2) is 0 Å². The van der Waals surface area contributed by atoms with Gasteiger partial charge in [0, 0.05) is 29.2 Å². The number of hydrogen-bond acceptors (Lipinski definition) is 2. The number of aryl methyl sites for hydroxylation is 1. The second kappa shape index (κ2) is 6.65. The Labute approximate surface area is 146 Å². The molecule has 1 aliphatic rings.